The van der Waals surface area contributed by atoms with Gasteiger partial charge in [0.2, 0.25) is 0 Å². The molecule has 2 heterocycles. The molecule has 43 heavy (non-hydrogen) atoms. The van der Waals surface area contributed by atoms with Crippen LogP contribution in [0.4, 0.5) is 24.5 Å². The number of hydrogen-bond donors (Lipinski definition) is 2. The van der Waals surface area contributed by atoms with Crippen LogP contribution in [0.25, 0.3) is 11.3 Å². The third-order valence-corrected chi connectivity index (χ3v) is 6.89. The maximum Gasteiger partial charge on any atom is 0.432 e. The van der Waals surface area contributed by atoms with Crippen molar-refractivity contribution in [2.75, 3.05) is 17.4 Å². The summed E-state index contributed by atoms with van der Waals surface area (Å²) < 4.78 is 52.7. The normalized spacial score (nSPS) is 14.9. The molecule has 0 bridgehead atoms. The molecular weight excluding hydrogens is 591 g/mol. The average Bonchev–Trinajstić information content (AvgIpc) is 3.58. The number of carbonyl (C=O) groups is 3. The molecule has 1 atom stereocenters. The molecule has 0 saturated heterocycles. The summed E-state index contributed by atoms with van der Waals surface area (Å²) in [7, 11) is 1.49. The van der Waals surface area contributed by atoms with Crippen molar-refractivity contribution in [2.45, 2.75) is 12.6 Å². The summed E-state index contributed by atoms with van der Waals surface area (Å²) in [5, 5.41) is 16.2. The zero-order chi connectivity index (χ0) is 30.9. The van der Waals surface area contributed by atoms with Crippen LogP contribution in [0.1, 0.15) is 26.5 Å². The minimum absolute atomic E-state index is 0.0590. The molecule has 13 heteroatoms. The standard InChI is InChI=1S/C30H21ClF3N3O6/c1-42-20-7-3-5-18(14-20)35-27(38)22-13-16(8-10-24(22)31)25-11-9-21(43-25)15-23-26(30(32,33)34)36-37(28(23)39)19-6-2-4-17(12-19)29(40)41/h2-14,23H,15H2,1H3,(H,35,38)(H,40,41). The zero-order valence-electron chi connectivity index (χ0n) is 22.2. The Kier molecular flexibility index (Phi) is 7.96. The molecular formula is C30H21ClF3N3O6. The number of halogens is 4. The van der Waals surface area contributed by atoms with Gasteiger partial charge in [-0.25, -0.2) is 4.79 Å². The molecule has 1 unspecified atom stereocenters. The lowest BCUT2D eigenvalue weighted by Gasteiger charge is -2.14. The molecule has 0 fully saturated rings. The first-order valence-electron chi connectivity index (χ1n) is 12.6. The summed E-state index contributed by atoms with van der Waals surface area (Å²) in [6, 6.07) is 19.1. The van der Waals surface area contributed by atoms with Gasteiger partial charge < -0.3 is 19.6 Å². The Morgan fingerprint density at radius 3 is 2.56 bits per heavy atom. The number of aromatic carboxylic acids is 1. The predicted octanol–water partition coefficient (Wildman–Crippen LogP) is 6.68. The summed E-state index contributed by atoms with van der Waals surface area (Å²) >= 11 is 6.28. The Balaban J connectivity index is 1.38. The fourth-order valence-corrected chi connectivity index (χ4v) is 4.68. The van der Waals surface area contributed by atoms with Gasteiger partial charge in [-0.3, -0.25) is 9.59 Å². The number of nitrogens with one attached hydrogen (secondary N) is 1. The highest BCUT2D eigenvalue weighted by Crippen LogP contribution is 2.35. The van der Waals surface area contributed by atoms with E-state index in [4.69, 9.17) is 20.8 Å². The van der Waals surface area contributed by atoms with Crippen molar-refractivity contribution >= 4 is 46.5 Å². The van der Waals surface area contributed by atoms with E-state index < -0.39 is 42.0 Å². The highest BCUT2D eigenvalue weighted by atomic mass is 35.5. The van der Waals surface area contributed by atoms with Gasteiger partial charge in [0.25, 0.3) is 11.8 Å². The lowest BCUT2D eigenvalue weighted by atomic mass is 9.97. The van der Waals surface area contributed by atoms with Gasteiger partial charge in [0.15, 0.2) is 5.71 Å². The topological polar surface area (TPSA) is 121 Å². The summed E-state index contributed by atoms with van der Waals surface area (Å²) in [4.78, 5) is 37.4. The predicted molar refractivity (Wildman–Crippen MR) is 152 cm³/mol. The van der Waals surface area contributed by atoms with E-state index in [1.54, 1.807) is 30.3 Å². The van der Waals surface area contributed by atoms with Crippen LogP contribution < -0.4 is 15.1 Å². The van der Waals surface area contributed by atoms with Crippen LogP contribution in [0.2, 0.25) is 5.02 Å². The van der Waals surface area contributed by atoms with Crippen LogP contribution in [-0.4, -0.2) is 41.9 Å². The Morgan fingerprint density at radius 2 is 1.84 bits per heavy atom. The fraction of sp³-hybridized carbons (Fsp3) is 0.133. The molecule has 0 aliphatic carbocycles. The number of hydrogen-bond acceptors (Lipinski definition) is 6. The highest BCUT2D eigenvalue weighted by molar-refractivity contribution is 6.34. The second-order valence-corrected chi connectivity index (χ2v) is 9.80. The SMILES string of the molecule is COc1cccc(NC(=O)c2cc(-c3ccc(CC4C(=O)N(c5cccc(C(=O)O)c5)N=C4C(F)(F)F)o3)ccc2Cl)c1. The molecule has 4 aromatic rings. The van der Waals surface area contributed by atoms with Crippen molar-refractivity contribution in [3.8, 4) is 17.1 Å². The largest absolute Gasteiger partial charge is 0.497 e. The Hall–Kier alpha value is -5.10. The summed E-state index contributed by atoms with van der Waals surface area (Å²) in [6.45, 7) is 0. The molecule has 1 aliphatic rings. The quantitative estimate of drug-likeness (QED) is 0.229. The number of carboxylic acid groups (broad SMARTS) is 1. The summed E-state index contributed by atoms with van der Waals surface area (Å²) in [6.07, 6.45) is -5.40. The van der Waals surface area contributed by atoms with Crippen molar-refractivity contribution in [2.24, 2.45) is 11.0 Å². The number of carbonyl (C=O) groups excluding carboxylic acids is 2. The van der Waals surface area contributed by atoms with Crippen molar-refractivity contribution in [3.63, 3.8) is 0 Å². The van der Waals surface area contributed by atoms with E-state index >= 15 is 0 Å². The third-order valence-electron chi connectivity index (χ3n) is 6.56. The lowest BCUT2D eigenvalue weighted by Crippen LogP contribution is -2.34. The zero-order valence-corrected chi connectivity index (χ0v) is 22.9. The monoisotopic (exact) mass is 611 g/mol. The number of hydrazone groups is 1. The van der Waals surface area contributed by atoms with E-state index in [1.807, 2.05) is 0 Å². The number of carboxylic acids is 1. The van der Waals surface area contributed by atoms with E-state index in [9.17, 15) is 32.7 Å². The number of methoxy groups -OCH3 is 1. The van der Waals surface area contributed by atoms with Crippen molar-refractivity contribution in [1.82, 2.24) is 0 Å². The molecule has 2 N–H and O–H groups in total. The second kappa shape index (κ2) is 11.6. The van der Waals surface area contributed by atoms with E-state index in [0.717, 1.165) is 6.07 Å². The minimum Gasteiger partial charge on any atom is -0.497 e. The number of benzene rings is 3. The fourth-order valence-electron chi connectivity index (χ4n) is 4.48. The van der Waals surface area contributed by atoms with E-state index in [-0.39, 0.29) is 33.4 Å². The van der Waals surface area contributed by atoms with E-state index in [2.05, 4.69) is 10.4 Å². The first kappa shape index (κ1) is 29.4. The molecule has 220 valence electrons. The first-order chi connectivity index (χ1) is 20.4. The Morgan fingerprint density at radius 1 is 1.07 bits per heavy atom. The number of anilines is 2. The van der Waals surface area contributed by atoms with Gasteiger partial charge >= 0.3 is 12.1 Å². The van der Waals surface area contributed by atoms with Crippen molar-refractivity contribution in [1.29, 1.82) is 0 Å². The van der Waals surface area contributed by atoms with E-state index in [1.165, 1.54) is 49.6 Å². The number of rotatable bonds is 8. The Bertz CT molecular complexity index is 1770. The van der Waals surface area contributed by atoms with Gasteiger partial charge in [0.1, 0.15) is 17.3 Å². The molecule has 2 amide bonds. The molecule has 0 saturated carbocycles. The van der Waals surface area contributed by atoms with Crippen LogP contribution in [0.3, 0.4) is 0 Å². The third kappa shape index (κ3) is 6.24. The maximum absolute atomic E-state index is 13.9. The van der Waals surface area contributed by atoms with Gasteiger partial charge in [-0.1, -0.05) is 23.7 Å². The van der Waals surface area contributed by atoms with Gasteiger partial charge in [-0.15, -0.1) is 0 Å². The number of alkyl halides is 3. The van der Waals surface area contributed by atoms with Crippen LogP contribution in [-0.2, 0) is 11.2 Å². The average molecular weight is 612 g/mol. The second-order valence-electron chi connectivity index (χ2n) is 9.39. The minimum atomic E-state index is -4.93. The van der Waals surface area contributed by atoms with Gasteiger partial charge in [-0.05, 0) is 60.7 Å². The summed E-state index contributed by atoms with van der Waals surface area (Å²) in [5.74, 6) is -3.72. The number of ether oxygens (including phenoxy) is 1. The first-order valence-corrected chi connectivity index (χ1v) is 13.0. The molecule has 1 aliphatic heterocycles. The van der Waals surface area contributed by atoms with Crippen LogP contribution in [0.5, 0.6) is 5.75 Å². The molecule has 5 rings (SSSR count). The van der Waals surface area contributed by atoms with Crippen molar-refractivity contribution in [3.05, 3.63) is 101 Å². The van der Waals surface area contributed by atoms with Crippen LogP contribution in [0, 0.1) is 5.92 Å². The number of nitrogens with zero attached hydrogens (tertiary/aromatic N) is 2. The van der Waals surface area contributed by atoms with Crippen molar-refractivity contribution < 1.29 is 41.8 Å². The number of amides is 2. The molecule has 0 spiro atoms. The van der Waals surface area contributed by atoms with Gasteiger partial charge in [0.05, 0.1) is 34.9 Å². The maximum atomic E-state index is 13.9. The Labute approximate surface area is 247 Å². The molecule has 0 radical (unpaired) electrons. The smallest absolute Gasteiger partial charge is 0.432 e. The molecule has 1 aromatic heterocycles. The van der Waals surface area contributed by atoms with Crippen LogP contribution >= 0.6 is 11.6 Å². The summed E-state index contributed by atoms with van der Waals surface area (Å²) in [5.41, 5.74) is -0.655. The number of furan rings is 1. The van der Waals surface area contributed by atoms with Gasteiger partial charge in [-0.2, -0.15) is 23.3 Å². The van der Waals surface area contributed by atoms with Crippen LogP contribution in [0.15, 0.2) is 88.4 Å². The highest BCUT2D eigenvalue weighted by Gasteiger charge is 2.50. The van der Waals surface area contributed by atoms with Gasteiger partial charge in [0, 0.05) is 23.7 Å². The molecule has 9 nitrogen and oxygen atoms in total. The molecule has 3 aromatic carbocycles. The lowest BCUT2D eigenvalue weighted by molar-refractivity contribution is -0.120. The van der Waals surface area contributed by atoms with E-state index in [0.29, 0.717) is 22.0 Å².